The Kier molecular flexibility index (Phi) is 7.99. The molecule has 1 amide bonds. The van der Waals surface area contributed by atoms with E-state index in [1.807, 2.05) is 31.2 Å². The molecular formula is C22H16Cl3IN2O2. The molecule has 30 heavy (non-hydrogen) atoms. The molecule has 0 aliphatic heterocycles. The number of hydrazone groups is 1. The van der Waals surface area contributed by atoms with Crippen LogP contribution in [-0.2, 0) is 6.61 Å². The van der Waals surface area contributed by atoms with Gasteiger partial charge in [0.2, 0.25) is 0 Å². The zero-order valence-electron chi connectivity index (χ0n) is 15.8. The lowest BCUT2D eigenvalue weighted by atomic mass is 10.1. The Morgan fingerprint density at radius 3 is 2.57 bits per heavy atom. The molecule has 0 spiro atoms. The minimum absolute atomic E-state index is 0.328. The van der Waals surface area contributed by atoms with Gasteiger partial charge in [-0.1, -0.05) is 46.9 Å². The van der Waals surface area contributed by atoms with Gasteiger partial charge in [0.05, 0.1) is 9.78 Å². The first-order chi connectivity index (χ1) is 14.3. The molecule has 4 nitrogen and oxygen atoms in total. The molecule has 0 atom stereocenters. The van der Waals surface area contributed by atoms with E-state index in [9.17, 15) is 4.79 Å². The summed E-state index contributed by atoms with van der Waals surface area (Å²) in [6, 6.07) is 16.0. The van der Waals surface area contributed by atoms with E-state index in [0.717, 1.165) is 26.0 Å². The number of carbonyl (C=O) groups is 1. The highest BCUT2D eigenvalue weighted by Gasteiger charge is 2.07. The molecule has 0 fully saturated rings. The van der Waals surface area contributed by atoms with Crippen LogP contribution in [0, 0.1) is 10.5 Å². The summed E-state index contributed by atoms with van der Waals surface area (Å²) in [5.74, 6) is 0.389. The Hall–Kier alpha value is -1.80. The van der Waals surface area contributed by atoms with Gasteiger partial charge < -0.3 is 4.74 Å². The number of rotatable bonds is 6. The van der Waals surface area contributed by atoms with Crippen LogP contribution in [0.5, 0.6) is 5.75 Å². The molecule has 3 rings (SSSR count). The van der Waals surface area contributed by atoms with Gasteiger partial charge in [0.1, 0.15) is 12.4 Å². The zero-order valence-corrected chi connectivity index (χ0v) is 20.2. The fraction of sp³-hybridized carbons (Fsp3) is 0.0909. The van der Waals surface area contributed by atoms with Crippen LogP contribution in [0.15, 0.2) is 59.7 Å². The molecule has 3 aromatic rings. The Morgan fingerprint density at radius 2 is 1.87 bits per heavy atom. The molecule has 0 aliphatic carbocycles. The summed E-state index contributed by atoms with van der Waals surface area (Å²) < 4.78 is 6.76. The summed E-state index contributed by atoms with van der Waals surface area (Å²) in [5, 5.41) is 5.70. The van der Waals surface area contributed by atoms with E-state index in [0.29, 0.717) is 27.2 Å². The summed E-state index contributed by atoms with van der Waals surface area (Å²) in [5.41, 5.74) is 5.52. The molecule has 0 aliphatic rings. The maximum atomic E-state index is 12.2. The van der Waals surface area contributed by atoms with Gasteiger partial charge in [-0.15, -0.1) is 0 Å². The molecule has 0 radical (unpaired) electrons. The van der Waals surface area contributed by atoms with E-state index >= 15 is 0 Å². The standard InChI is InChI=1S/C22H16Cl3IN2O2/c1-13-2-4-15(9-18(13)24)22(29)28-27-11-14-3-7-21(20(26)8-14)30-12-16-5-6-17(23)10-19(16)25/h2-11H,12H2,1H3,(H,28,29)/b27-11-. The zero-order chi connectivity index (χ0) is 21.7. The number of halogens is 4. The molecule has 8 heteroatoms. The van der Waals surface area contributed by atoms with E-state index in [1.165, 1.54) is 0 Å². The van der Waals surface area contributed by atoms with Gasteiger partial charge in [-0.05, 0) is 83.1 Å². The van der Waals surface area contributed by atoms with Gasteiger partial charge >= 0.3 is 0 Å². The van der Waals surface area contributed by atoms with Crippen molar-refractivity contribution in [3.63, 3.8) is 0 Å². The molecule has 1 N–H and O–H groups in total. The first-order valence-corrected chi connectivity index (χ1v) is 11.0. The summed E-state index contributed by atoms with van der Waals surface area (Å²) in [4.78, 5) is 12.2. The van der Waals surface area contributed by atoms with Crippen molar-refractivity contribution in [1.29, 1.82) is 0 Å². The molecular weight excluding hydrogens is 558 g/mol. The summed E-state index contributed by atoms with van der Waals surface area (Å²) in [6.45, 7) is 2.20. The van der Waals surface area contributed by atoms with Crippen LogP contribution in [0.4, 0.5) is 0 Å². The highest BCUT2D eigenvalue weighted by atomic mass is 127. The Labute approximate surface area is 203 Å². The number of ether oxygens (including phenoxy) is 1. The molecule has 0 aromatic heterocycles. The SMILES string of the molecule is Cc1ccc(C(=O)N/N=C\c2ccc(OCc3ccc(Cl)cc3Cl)c(I)c2)cc1Cl. The fourth-order valence-electron chi connectivity index (χ4n) is 2.47. The molecule has 0 bridgehead atoms. The van der Waals surface area contributed by atoms with Crippen LogP contribution in [0.25, 0.3) is 0 Å². The monoisotopic (exact) mass is 572 g/mol. The van der Waals surface area contributed by atoms with E-state index in [4.69, 9.17) is 39.5 Å². The Morgan fingerprint density at radius 1 is 1.07 bits per heavy atom. The summed E-state index contributed by atoms with van der Waals surface area (Å²) in [6.07, 6.45) is 1.57. The molecule has 3 aromatic carbocycles. The molecule has 0 saturated carbocycles. The van der Waals surface area contributed by atoms with Crippen LogP contribution in [-0.4, -0.2) is 12.1 Å². The number of nitrogens with zero attached hydrogens (tertiary/aromatic N) is 1. The highest BCUT2D eigenvalue weighted by Crippen LogP contribution is 2.26. The molecule has 0 saturated heterocycles. The van der Waals surface area contributed by atoms with Crippen LogP contribution in [0.3, 0.4) is 0 Å². The maximum absolute atomic E-state index is 12.2. The average Bonchev–Trinajstić information content (AvgIpc) is 2.70. The third kappa shape index (κ3) is 6.11. The fourth-order valence-corrected chi connectivity index (χ4v) is 3.81. The van der Waals surface area contributed by atoms with E-state index in [-0.39, 0.29) is 5.91 Å². The number of aryl methyl sites for hydroxylation is 1. The van der Waals surface area contributed by atoms with Crippen LogP contribution < -0.4 is 10.2 Å². The number of amides is 1. The number of nitrogens with one attached hydrogen (secondary N) is 1. The molecule has 154 valence electrons. The molecule has 0 heterocycles. The van der Waals surface area contributed by atoms with Crippen molar-refractivity contribution in [2.75, 3.05) is 0 Å². The van der Waals surface area contributed by atoms with Crippen molar-refractivity contribution in [3.05, 3.63) is 95.5 Å². The third-order valence-corrected chi connectivity index (χ3v) is 6.01. The Bertz CT molecular complexity index is 1120. The number of benzene rings is 3. The second-order valence-electron chi connectivity index (χ2n) is 6.38. The number of carbonyl (C=O) groups excluding carboxylic acids is 1. The second kappa shape index (κ2) is 10.5. The van der Waals surface area contributed by atoms with Gasteiger partial charge in [0.15, 0.2) is 0 Å². The minimum Gasteiger partial charge on any atom is -0.488 e. The quantitative estimate of drug-likeness (QED) is 0.198. The normalized spacial score (nSPS) is 11.0. The average molecular weight is 574 g/mol. The van der Waals surface area contributed by atoms with Crippen molar-refractivity contribution in [1.82, 2.24) is 5.43 Å². The first-order valence-electron chi connectivity index (χ1n) is 8.79. The van der Waals surface area contributed by atoms with Gasteiger partial charge in [-0.2, -0.15) is 5.10 Å². The third-order valence-electron chi connectivity index (χ3n) is 4.17. The second-order valence-corrected chi connectivity index (χ2v) is 8.79. The maximum Gasteiger partial charge on any atom is 0.271 e. The van der Waals surface area contributed by atoms with Crippen LogP contribution in [0.1, 0.15) is 27.0 Å². The summed E-state index contributed by atoms with van der Waals surface area (Å²) >= 11 is 20.3. The van der Waals surface area contributed by atoms with Crippen molar-refractivity contribution in [2.45, 2.75) is 13.5 Å². The van der Waals surface area contributed by atoms with E-state index in [1.54, 1.807) is 36.5 Å². The number of hydrogen-bond acceptors (Lipinski definition) is 3. The van der Waals surface area contributed by atoms with Gasteiger partial charge in [0, 0.05) is 26.2 Å². The predicted molar refractivity (Wildman–Crippen MR) is 131 cm³/mol. The minimum atomic E-state index is -0.331. The largest absolute Gasteiger partial charge is 0.488 e. The smallest absolute Gasteiger partial charge is 0.271 e. The topological polar surface area (TPSA) is 50.7 Å². The van der Waals surface area contributed by atoms with Gasteiger partial charge in [-0.25, -0.2) is 5.43 Å². The number of hydrogen-bond donors (Lipinski definition) is 1. The lowest BCUT2D eigenvalue weighted by Gasteiger charge is -2.10. The van der Waals surface area contributed by atoms with Crippen LogP contribution >= 0.6 is 57.4 Å². The van der Waals surface area contributed by atoms with Gasteiger partial charge in [-0.3, -0.25) is 4.79 Å². The van der Waals surface area contributed by atoms with Gasteiger partial charge in [0.25, 0.3) is 5.91 Å². The lowest BCUT2D eigenvalue weighted by molar-refractivity contribution is 0.0955. The van der Waals surface area contributed by atoms with Crippen molar-refractivity contribution in [3.8, 4) is 5.75 Å². The van der Waals surface area contributed by atoms with E-state index in [2.05, 4.69) is 33.1 Å². The predicted octanol–water partition coefficient (Wildman–Crippen LogP) is 6.90. The molecule has 0 unspecified atom stereocenters. The Balaban J connectivity index is 1.60. The van der Waals surface area contributed by atoms with Crippen LogP contribution in [0.2, 0.25) is 15.1 Å². The van der Waals surface area contributed by atoms with Crippen molar-refractivity contribution >= 4 is 69.5 Å². The lowest BCUT2D eigenvalue weighted by Crippen LogP contribution is -2.17. The first kappa shape index (κ1) is 22.9. The van der Waals surface area contributed by atoms with E-state index < -0.39 is 0 Å². The highest BCUT2D eigenvalue weighted by molar-refractivity contribution is 14.1. The summed E-state index contributed by atoms with van der Waals surface area (Å²) in [7, 11) is 0. The van der Waals surface area contributed by atoms with Crippen molar-refractivity contribution < 1.29 is 9.53 Å². The van der Waals surface area contributed by atoms with Crippen molar-refractivity contribution in [2.24, 2.45) is 5.10 Å².